The van der Waals surface area contributed by atoms with E-state index in [1.165, 1.54) is 14.1 Å². The molecule has 0 saturated carbocycles. The third-order valence-electron chi connectivity index (χ3n) is 2.18. The summed E-state index contributed by atoms with van der Waals surface area (Å²) in [6, 6.07) is 6.54. The van der Waals surface area contributed by atoms with Gasteiger partial charge in [-0.2, -0.15) is 12.7 Å². The molecule has 0 bridgehead atoms. The van der Waals surface area contributed by atoms with Gasteiger partial charge in [-0.15, -0.1) is 0 Å². The Labute approximate surface area is 101 Å². The average molecular weight is 257 g/mol. The van der Waals surface area contributed by atoms with Crippen LogP contribution in [0.4, 0.5) is 5.69 Å². The van der Waals surface area contributed by atoms with Crippen molar-refractivity contribution in [1.82, 2.24) is 4.31 Å². The molecule has 0 aliphatic carbocycles. The average Bonchev–Trinajstić information content (AvgIpc) is 2.28. The lowest BCUT2D eigenvalue weighted by atomic mass is 10.1. The van der Waals surface area contributed by atoms with Gasteiger partial charge >= 0.3 is 10.2 Å². The molecular weight excluding hydrogens is 242 g/mol. The fraction of sp³-hybridized carbons (Fsp3) is 0.300. The molecule has 0 spiro atoms. The van der Waals surface area contributed by atoms with Crippen LogP contribution in [0.5, 0.6) is 0 Å². The van der Waals surface area contributed by atoms with Crippen LogP contribution >= 0.6 is 0 Å². The second-order valence-electron chi connectivity index (χ2n) is 3.65. The Morgan fingerprint density at radius 2 is 1.82 bits per heavy atom. The van der Waals surface area contributed by atoms with E-state index in [9.17, 15) is 8.42 Å². The molecule has 0 radical (unpaired) electrons. The van der Waals surface area contributed by atoms with Crippen LogP contribution < -0.4 is 4.72 Å². The predicted molar refractivity (Wildman–Crippen MR) is 66.7 cm³/mol. The first-order chi connectivity index (χ1) is 7.86. The number of nitrogens with one attached hydrogen (secondary N) is 1. The van der Waals surface area contributed by atoms with E-state index in [0.29, 0.717) is 11.4 Å². The number of anilines is 1. The SMILES string of the molecule is C/C(=N\O)c1ccc(NS(=O)(=O)N(C)C)cc1. The van der Waals surface area contributed by atoms with Gasteiger partial charge in [0.05, 0.1) is 5.71 Å². The number of hydrogen-bond donors (Lipinski definition) is 2. The van der Waals surface area contributed by atoms with Gasteiger partial charge in [0, 0.05) is 19.8 Å². The minimum absolute atomic E-state index is 0.452. The van der Waals surface area contributed by atoms with E-state index in [0.717, 1.165) is 9.87 Å². The van der Waals surface area contributed by atoms with Crippen molar-refractivity contribution in [3.05, 3.63) is 29.8 Å². The summed E-state index contributed by atoms with van der Waals surface area (Å²) >= 11 is 0. The summed E-state index contributed by atoms with van der Waals surface area (Å²) in [4.78, 5) is 0. The summed E-state index contributed by atoms with van der Waals surface area (Å²) in [5.41, 5.74) is 1.64. The molecule has 94 valence electrons. The van der Waals surface area contributed by atoms with Crippen molar-refractivity contribution < 1.29 is 13.6 Å². The number of oxime groups is 1. The monoisotopic (exact) mass is 257 g/mol. The maximum absolute atomic E-state index is 11.5. The standard InChI is InChI=1S/C10H15N3O3S/c1-8(11-14)9-4-6-10(7-5-9)12-17(15,16)13(2)3/h4-7,12,14H,1-3H3/b11-8+. The van der Waals surface area contributed by atoms with Crippen molar-refractivity contribution in [1.29, 1.82) is 0 Å². The lowest BCUT2D eigenvalue weighted by Gasteiger charge is -2.13. The quantitative estimate of drug-likeness (QED) is 0.481. The first-order valence-electron chi connectivity index (χ1n) is 4.86. The fourth-order valence-corrected chi connectivity index (χ4v) is 1.69. The largest absolute Gasteiger partial charge is 0.411 e. The summed E-state index contributed by atoms with van der Waals surface area (Å²) in [7, 11) is -0.599. The van der Waals surface area contributed by atoms with E-state index in [1.807, 2.05) is 0 Å². The molecule has 0 aliphatic rings. The highest BCUT2D eigenvalue weighted by atomic mass is 32.2. The van der Waals surface area contributed by atoms with Crippen molar-refractivity contribution in [2.75, 3.05) is 18.8 Å². The molecule has 0 fully saturated rings. The zero-order valence-electron chi connectivity index (χ0n) is 9.88. The van der Waals surface area contributed by atoms with Gasteiger partial charge in [-0.1, -0.05) is 17.3 Å². The Bertz CT molecular complexity index is 506. The summed E-state index contributed by atoms with van der Waals surface area (Å²) < 4.78 is 26.5. The normalized spacial score (nSPS) is 12.8. The minimum Gasteiger partial charge on any atom is -0.411 e. The molecule has 17 heavy (non-hydrogen) atoms. The van der Waals surface area contributed by atoms with Gasteiger partial charge in [-0.3, -0.25) is 4.72 Å². The third-order valence-corrected chi connectivity index (χ3v) is 3.64. The van der Waals surface area contributed by atoms with E-state index in [4.69, 9.17) is 5.21 Å². The zero-order valence-corrected chi connectivity index (χ0v) is 10.7. The Balaban J connectivity index is 2.90. The van der Waals surface area contributed by atoms with E-state index in [2.05, 4.69) is 9.88 Å². The van der Waals surface area contributed by atoms with Crippen LogP contribution in [0.1, 0.15) is 12.5 Å². The molecule has 1 rings (SSSR count). The van der Waals surface area contributed by atoms with E-state index in [-0.39, 0.29) is 0 Å². The molecule has 0 aromatic heterocycles. The topological polar surface area (TPSA) is 82.0 Å². The Hall–Kier alpha value is -1.60. The summed E-state index contributed by atoms with van der Waals surface area (Å²) in [6.45, 7) is 1.65. The molecule has 0 aliphatic heterocycles. The first-order valence-corrected chi connectivity index (χ1v) is 6.30. The Morgan fingerprint density at radius 3 is 2.24 bits per heavy atom. The lowest BCUT2D eigenvalue weighted by Crippen LogP contribution is -2.28. The summed E-state index contributed by atoms with van der Waals surface area (Å²) in [5.74, 6) is 0. The van der Waals surface area contributed by atoms with Crippen molar-refractivity contribution in [3.8, 4) is 0 Å². The van der Waals surface area contributed by atoms with Gasteiger partial charge in [0.2, 0.25) is 0 Å². The van der Waals surface area contributed by atoms with Crippen molar-refractivity contribution >= 4 is 21.6 Å². The van der Waals surface area contributed by atoms with E-state index < -0.39 is 10.2 Å². The van der Waals surface area contributed by atoms with E-state index in [1.54, 1.807) is 31.2 Å². The third kappa shape index (κ3) is 3.43. The first kappa shape index (κ1) is 13.5. The molecule has 0 atom stereocenters. The van der Waals surface area contributed by atoms with Crippen LogP contribution in [0.2, 0.25) is 0 Å². The molecular formula is C10H15N3O3S. The van der Waals surface area contributed by atoms with Gasteiger partial charge in [-0.05, 0) is 24.6 Å². The number of hydrogen-bond acceptors (Lipinski definition) is 4. The Kier molecular flexibility index (Phi) is 4.08. The lowest BCUT2D eigenvalue weighted by molar-refractivity contribution is 0.319. The highest BCUT2D eigenvalue weighted by Gasteiger charge is 2.12. The molecule has 1 aromatic rings. The van der Waals surface area contributed by atoms with Crippen molar-refractivity contribution in [2.24, 2.45) is 5.16 Å². The highest BCUT2D eigenvalue weighted by Crippen LogP contribution is 2.12. The van der Waals surface area contributed by atoms with Gasteiger partial charge in [0.15, 0.2) is 0 Å². The highest BCUT2D eigenvalue weighted by molar-refractivity contribution is 7.90. The molecule has 2 N–H and O–H groups in total. The summed E-state index contributed by atoms with van der Waals surface area (Å²) in [6.07, 6.45) is 0. The van der Waals surface area contributed by atoms with Crippen LogP contribution in [0.25, 0.3) is 0 Å². The smallest absolute Gasteiger partial charge is 0.301 e. The maximum Gasteiger partial charge on any atom is 0.301 e. The Morgan fingerprint density at radius 1 is 1.29 bits per heavy atom. The molecule has 7 heteroatoms. The second-order valence-corrected chi connectivity index (χ2v) is 5.54. The molecule has 0 saturated heterocycles. The van der Waals surface area contributed by atoms with Gasteiger partial charge in [0.1, 0.15) is 0 Å². The summed E-state index contributed by atoms with van der Waals surface area (Å²) in [5, 5.41) is 11.6. The van der Waals surface area contributed by atoms with Crippen molar-refractivity contribution in [2.45, 2.75) is 6.92 Å². The second kappa shape index (κ2) is 5.15. The van der Waals surface area contributed by atoms with Crippen LogP contribution in [0, 0.1) is 0 Å². The van der Waals surface area contributed by atoms with Gasteiger partial charge in [0.25, 0.3) is 0 Å². The predicted octanol–water partition coefficient (Wildman–Crippen LogP) is 1.10. The van der Waals surface area contributed by atoms with E-state index >= 15 is 0 Å². The van der Waals surface area contributed by atoms with Crippen molar-refractivity contribution in [3.63, 3.8) is 0 Å². The maximum atomic E-state index is 11.5. The zero-order chi connectivity index (χ0) is 13.1. The van der Waals surface area contributed by atoms with Gasteiger partial charge < -0.3 is 5.21 Å². The van der Waals surface area contributed by atoms with Crippen LogP contribution in [0.3, 0.4) is 0 Å². The molecule has 0 unspecified atom stereocenters. The molecule has 0 amide bonds. The molecule has 6 nitrogen and oxygen atoms in total. The van der Waals surface area contributed by atoms with Crippen LogP contribution in [-0.2, 0) is 10.2 Å². The van der Waals surface area contributed by atoms with Gasteiger partial charge in [-0.25, -0.2) is 0 Å². The molecule has 1 aromatic carbocycles. The minimum atomic E-state index is -3.49. The van der Waals surface area contributed by atoms with Crippen LogP contribution in [-0.4, -0.2) is 37.7 Å². The fourth-order valence-electron chi connectivity index (χ4n) is 1.08. The number of benzene rings is 1. The van der Waals surface area contributed by atoms with Crippen LogP contribution in [0.15, 0.2) is 29.4 Å². The molecule has 0 heterocycles. The number of rotatable bonds is 4. The number of nitrogens with zero attached hydrogens (tertiary/aromatic N) is 2.